The molecular weight excluding hydrogens is 330 g/mol. The molecule has 6 nitrogen and oxygen atoms in total. The lowest BCUT2D eigenvalue weighted by molar-refractivity contribution is 0.101. The van der Waals surface area contributed by atoms with Crippen LogP contribution in [0.25, 0.3) is 11.4 Å². The predicted molar refractivity (Wildman–Crippen MR) is 87.4 cm³/mol. The fourth-order valence-corrected chi connectivity index (χ4v) is 2.32. The van der Waals surface area contributed by atoms with Crippen LogP contribution in [-0.4, -0.2) is 28.2 Å². The van der Waals surface area contributed by atoms with E-state index in [4.69, 9.17) is 4.74 Å². The van der Waals surface area contributed by atoms with Gasteiger partial charge in [0.1, 0.15) is 17.1 Å². The lowest BCUT2D eigenvalue weighted by Gasteiger charge is -2.11. The standard InChI is InChI=1S/C17H14F2N4O2/c1-9-20-16(23-22-9)10-4-3-5-11(8-10)21-17(24)14-13(25-2)7-6-12(18)15(14)19/h3-8H,1-2H3,(H,21,24)(H,20,22,23). The SMILES string of the molecule is COc1ccc(F)c(F)c1C(=O)Nc1cccc(-c2n[nH]c(C)n2)c1. The smallest absolute Gasteiger partial charge is 0.262 e. The van der Waals surface area contributed by atoms with E-state index in [2.05, 4.69) is 20.5 Å². The summed E-state index contributed by atoms with van der Waals surface area (Å²) in [7, 11) is 1.27. The average molecular weight is 344 g/mol. The van der Waals surface area contributed by atoms with Gasteiger partial charge >= 0.3 is 0 Å². The molecule has 3 rings (SSSR count). The monoisotopic (exact) mass is 344 g/mol. The maximum atomic E-state index is 14.0. The van der Waals surface area contributed by atoms with Gasteiger partial charge in [0.15, 0.2) is 17.5 Å². The van der Waals surface area contributed by atoms with Gasteiger partial charge in [0.2, 0.25) is 0 Å². The summed E-state index contributed by atoms with van der Waals surface area (Å²) < 4.78 is 32.4. The Balaban J connectivity index is 1.91. The van der Waals surface area contributed by atoms with Gasteiger partial charge in [-0.25, -0.2) is 13.8 Å². The molecule has 8 heteroatoms. The van der Waals surface area contributed by atoms with Crippen molar-refractivity contribution in [3.05, 3.63) is 59.4 Å². The van der Waals surface area contributed by atoms with E-state index in [0.29, 0.717) is 22.9 Å². The van der Waals surface area contributed by atoms with E-state index in [-0.39, 0.29) is 5.75 Å². The summed E-state index contributed by atoms with van der Waals surface area (Å²) in [6.45, 7) is 1.77. The Kier molecular flexibility index (Phi) is 4.42. The van der Waals surface area contributed by atoms with Crippen molar-refractivity contribution in [2.75, 3.05) is 12.4 Å². The number of ether oxygens (including phenoxy) is 1. The highest BCUT2D eigenvalue weighted by atomic mass is 19.2. The summed E-state index contributed by atoms with van der Waals surface area (Å²) >= 11 is 0. The molecule has 0 atom stereocenters. The number of rotatable bonds is 4. The van der Waals surface area contributed by atoms with E-state index in [1.807, 2.05) is 0 Å². The molecule has 2 aromatic carbocycles. The quantitative estimate of drug-likeness (QED) is 0.761. The number of nitrogens with zero attached hydrogens (tertiary/aromatic N) is 2. The number of nitrogens with one attached hydrogen (secondary N) is 2. The molecule has 0 spiro atoms. The van der Waals surface area contributed by atoms with Crippen LogP contribution in [0.3, 0.4) is 0 Å². The van der Waals surface area contributed by atoms with Crippen molar-refractivity contribution in [3.63, 3.8) is 0 Å². The predicted octanol–water partition coefficient (Wildman–Crippen LogP) is 3.32. The molecule has 25 heavy (non-hydrogen) atoms. The number of benzene rings is 2. The Hall–Kier alpha value is -3.29. The number of amides is 1. The van der Waals surface area contributed by atoms with E-state index in [1.54, 1.807) is 31.2 Å². The highest BCUT2D eigenvalue weighted by Gasteiger charge is 2.21. The molecule has 2 N–H and O–H groups in total. The number of aromatic nitrogens is 3. The van der Waals surface area contributed by atoms with Crippen molar-refractivity contribution in [2.45, 2.75) is 6.92 Å². The number of hydrogen-bond acceptors (Lipinski definition) is 4. The number of aromatic amines is 1. The second-order valence-corrected chi connectivity index (χ2v) is 5.22. The van der Waals surface area contributed by atoms with E-state index < -0.39 is 23.1 Å². The molecule has 0 fully saturated rings. The van der Waals surface area contributed by atoms with Gasteiger partial charge in [0.05, 0.1) is 7.11 Å². The Morgan fingerprint density at radius 1 is 1.24 bits per heavy atom. The van der Waals surface area contributed by atoms with Crippen LogP contribution in [0.2, 0.25) is 0 Å². The molecule has 1 heterocycles. The molecule has 0 radical (unpaired) electrons. The molecule has 0 aliphatic carbocycles. The second-order valence-electron chi connectivity index (χ2n) is 5.22. The number of halogens is 2. The molecule has 0 saturated carbocycles. The molecule has 0 unspecified atom stereocenters. The number of hydrogen-bond donors (Lipinski definition) is 2. The third-order valence-corrected chi connectivity index (χ3v) is 3.48. The molecule has 0 bridgehead atoms. The first-order chi connectivity index (χ1) is 12.0. The molecule has 1 aromatic heterocycles. The number of aryl methyl sites for hydroxylation is 1. The zero-order valence-corrected chi connectivity index (χ0v) is 13.4. The Labute approximate surface area is 141 Å². The number of H-pyrrole nitrogens is 1. The fourth-order valence-electron chi connectivity index (χ4n) is 2.32. The summed E-state index contributed by atoms with van der Waals surface area (Å²) in [4.78, 5) is 16.6. The number of anilines is 1. The fraction of sp³-hybridized carbons (Fsp3) is 0.118. The first-order valence-corrected chi connectivity index (χ1v) is 7.32. The van der Waals surface area contributed by atoms with Crippen molar-refractivity contribution < 1.29 is 18.3 Å². The van der Waals surface area contributed by atoms with Gasteiger partial charge in [-0.3, -0.25) is 9.89 Å². The van der Waals surface area contributed by atoms with Crippen LogP contribution in [0, 0.1) is 18.6 Å². The van der Waals surface area contributed by atoms with E-state index in [0.717, 1.165) is 6.07 Å². The van der Waals surface area contributed by atoms with E-state index in [9.17, 15) is 13.6 Å². The maximum absolute atomic E-state index is 14.0. The van der Waals surface area contributed by atoms with E-state index >= 15 is 0 Å². The van der Waals surface area contributed by atoms with Gasteiger partial charge in [-0.05, 0) is 31.2 Å². The molecule has 128 valence electrons. The summed E-state index contributed by atoms with van der Waals surface area (Å²) in [6.07, 6.45) is 0. The lowest BCUT2D eigenvalue weighted by Crippen LogP contribution is -2.16. The Morgan fingerprint density at radius 2 is 2.04 bits per heavy atom. The molecule has 0 saturated heterocycles. The number of carbonyl (C=O) groups excluding carboxylic acids is 1. The minimum absolute atomic E-state index is 0.0582. The number of carbonyl (C=O) groups is 1. The largest absolute Gasteiger partial charge is 0.496 e. The van der Waals surface area contributed by atoms with Crippen LogP contribution in [0.5, 0.6) is 5.75 Å². The third kappa shape index (κ3) is 3.32. The topological polar surface area (TPSA) is 79.9 Å². The normalized spacial score (nSPS) is 10.6. The van der Waals surface area contributed by atoms with Gasteiger partial charge in [-0.15, -0.1) is 0 Å². The van der Waals surface area contributed by atoms with Crippen molar-refractivity contribution in [3.8, 4) is 17.1 Å². The van der Waals surface area contributed by atoms with Crippen molar-refractivity contribution in [1.82, 2.24) is 15.2 Å². The summed E-state index contributed by atoms with van der Waals surface area (Å²) in [5.41, 5.74) is 0.547. The van der Waals surface area contributed by atoms with E-state index in [1.165, 1.54) is 13.2 Å². The highest BCUT2D eigenvalue weighted by molar-refractivity contribution is 6.06. The lowest BCUT2D eigenvalue weighted by atomic mass is 10.1. The first-order valence-electron chi connectivity index (χ1n) is 7.32. The average Bonchev–Trinajstić information content (AvgIpc) is 3.03. The molecule has 3 aromatic rings. The second kappa shape index (κ2) is 6.68. The number of methoxy groups -OCH3 is 1. The van der Waals surface area contributed by atoms with Gasteiger partial charge in [0, 0.05) is 11.3 Å². The van der Waals surface area contributed by atoms with Gasteiger partial charge in [0.25, 0.3) is 5.91 Å². The summed E-state index contributed by atoms with van der Waals surface area (Å²) in [5.74, 6) is -2.16. The zero-order chi connectivity index (χ0) is 18.0. The minimum Gasteiger partial charge on any atom is -0.496 e. The van der Waals surface area contributed by atoms with Gasteiger partial charge in [-0.2, -0.15) is 5.10 Å². The minimum atomic E-state index is -1.27. The van der Waals surface area contributed by atoms with Gasteiger partial charge in [-0.1, -0.05) is 12.1 Å². The molecular formula is C17H14F2N4O2. The molecule has 0 aliphatic heterocycles. The highest BCUT2D eigenvalue weighted by Crippen LogP contribution is 2.26. The molecule has 1 amide bonds. The maximum Gasteiger partial charge on any atom is 0.262 e. The Bertz CT molecular complexity index is 940. The Morgan fingerprint density at radius 3 is 2.72 bits per heavy atom. The first kappa shape index (κ1) is 16.6. The summed E-state index contributed by atoms with van der Waals surface area (Å²) in [5, 5.41) is 9.29. The van der Waals surface area contributed by atoms with Crippen LogP contribution in [-0.2, 0) is 0 Å². The van der Waals surface area contributed by atoms with Crippen LogP contribution in [0.15, 0.2) is 36.4 Å². The molecule has 0 aliphatic rings. The van der Waals surface area contributed by atoms with Gasteiger partial charge < -0.3 is 10.1 Å². The summed E-state index contributed by atoms with van der Waals surface area (Å²) in [6, 6.07) is 8.80. The van der Waals surface area contributed by atoms with Crippen LogP contribution >= 0.6 is 0 Å². The van der Waals surface area contributed by atoms with Crippen molar-refractivity contribution in [2.24, 2.45) is 0 Å². The van der Waals surface area contributed by atoms with Crippen molar-refractivity contribution in [1.29, 1.82) is 0 Å². The zero-order valence-electron chi connectivity index (χ0n) is 13.4. The third-order valence-electron chi connectivity index (χ3n) is 3.48. The van der Waals surface area contributed by atoms with Crippen LogP contribution in [0.4, 0.5) is 14.5 Å². The van der Waals surface area contributed by atoms with Crippen LogP contribution < -0.4 is 10.1 Å². The van der Waals surface area contributed by atoms with Crippen LogP contribution in [0.1, 0.15) is 16.2 Å². The van der Waals surface area contributed by atoms with Crippen molar-refractivity contribution >= 4 is 11.6 Å².